The molecule has 0 aromatic heterocycles. The van der Waals surface area contributed by atoms with Gasteiger partial charge in [0.25, 0.3) is 5.91 Å². The molecule has 0 fully saturated rings. The number of amides is 1. The molecule has 0 aliphatic carbocycles. The predicted molar refractivity (Wildman–Crippen MR) is 102 cm³/mol. The summed E-state index contributed by atoms with van der Waals surface area (Å²) in [5, 5.41) is 9.80. The molecule has 0 aliphatic heterocycles. The lowest BCUT2D eigenvalue weighted by atomic mass is 10.0. The van der Waals surface area contributed by atoms with Gasteiger partial charge >= 0.3 is 0 Å². The van der Waals surface area contributed by atoms with Crippen molar-refractivity contribution in [1.82, 2.24) is 4.90 Å². The zero-order valence-electron chi connectivity index (χ0n) is 14.5. The summed E-state index contributed by atoms with van der Waals surface area (Å²) in [5.74, 6) is -0.128. The summed E-state index contributed by atoms with van der Waals surface area (Å²) in [7, 11) is 0. The quantitative estimate of drug-likeness (QED) is 0.656. The average molecular weight is 340 g/mol. The normalized spacial score (nSPS) is 11.3. The summed E-state index contributed by atoms with van der Waals surface area (Å²) >= 11 is 0. The summed E-state index contributed by atoms with van der Waals surface area (Å²) in [6, 6.07) is 30.3. The molecule has 1 atom stereocenters. The van der Waals surface area contributed by atoms with E-state index in [1.807, 2.05) is 78.9 Å². The average Bonchev–Trinajstić information content (AvgIpc) is 2.72. The third-order valence-electron chi connectivity index (χ3n) is 4.32. The van der Waals surface area contributed by atoms with Crippen LogP contribution in [0.4, 0.5) is 0 Å². The first-order valence-electron chi connectivity index (χ1n) is 8.64. The van der Waals surface area contributed by atoms with E-state index in [0.29, 0.717) is 18.5 Å². The number of hydrogen-bond donors (Lipinski definition) is 0. The molecule has 3 aromatic carbocycles. The van der Waals surface area contributed by atoms with E-state index in [4.69, 9.17) is 0 Å². The maximum atomic E-state index is 13.1. The molecule has 3 rings (SSSR count). The Morgan fingerprint density at radius 3 is 1.96 bits per heavy atom. The van der Waals surface area contributed by atoms with Crippen LogP contribution in [0.25, 0.3) is 0 Å². The van der Waals surface area contributed by atoms with Crippen molar-refractivity contribution in [1.29, 1.82) is 5.26 Å². The van der Waals surface area contributed by atoms with E-state index in [-0.39, 0.29) is 5.91 Å². The van der Waals surface area contributed by atoms with Gasteiger partial charge in [-0.05, 0) is 29.7 Å². The first-order valence-corrected chi connectivity index (χ1v) is 8.64. The largest absolute Gasteiger partial charge is 0.318 e. The monoisotopic (exact) mass is 340 g/mol. The van der Waals surface area contributed by atoms with Gasteiger partial charge in [-0.25, -0.2) is 0 Å². The molecule has 0 bridgehead atoms. The molecule has 0 saturated carbocycles. The third-order valence-corrected chi connectivity index (χ3v) is 4.32. The Hall–Kier alpha value is -3.38. The molecule has 3 aromatic rings. The Morgan fingerprint density at radius 2 is 1.38 bits per heavy atom. The molecule has 0 unspecified atom stereocenters. The number of hydrogen-bond acceptors (Lipinski definition) is 2. The van der Waals surface area contributed by atoms with E-state index in [0.717, 1.165) is 11.1 Å². The minimum Gasteiger partial charge on any atom is -0.318 e. The molecule has 26 heavy (non-hydrogen) atoms. The molecular formula is C23H20N2O. The Bertz CT molecular complexity index is 870. The van der Waals surface area contributed by atoms with Gasteiger partial charge < -0.3 is 4.90 Å². The highest BCUT2D eigenvalue weighted by Crippen LogP contribution is 2.23. The first kappa shape index (κ1) is 17.4. The smallest absolute Gasteiger partial charge is 0.255 e. The number of benzene rings is 3. The SMILES string of the molecule is N#C[C@H](c1ccccc1)N(CCc1ccccc1)C(=O)c1ccccc1. The zero-order chi connectivity index (χ0) is 18.2. The number of carbonyl (C=O) groups is 1. The predicted octanol–water partition coefficient (Wildman–Crippen LogP) is 4.64. The molecule has 3 nitrogen and oxygen atoms in total. The molecule has 0 saturated heterocycles. The summed E-state index contributed by atoms with van der Waals surface area (Å²) in [5.41, 5.74) is 2.56. The second-order valence-electron chi connectivity index (χ2n) is 6.04. The van der Waals surface area contributed by atoms with Gasteiger partial charge in [0.15, 0.2) is 0 Å². The minimum absolute atomic E-state index is 0.128. The maximum absolute atomic E-state index is 13.1. The van der Waals surface area contributed by atoms with Crippen molar-refractivity contribution >= 4 is 5.91 Å². The topological polar surface area (TPSA) is 44.1 Å². The van der Waals surface area contributed by atoms with Crippen molar-refractivity contribution < 1.29 is 4.79 Å². The van der Waals surface area contributed by atoms with Crippen molar-refractivity contribution in [3.05, 3.63) is 108 Å². The van der Waals surface area contributed by atoms with E-state index < -0.39 is 6.04 Å². The Labute approximate surface area is 154 Å². The fraction of sp³-hybridized carbons (Fsp3) is 0.130. The first-order chi connectivity index (χ1) is 12.8. The molecule has 128 valence electrons. The highest BCUT2D eigenvalue weighted by Gasteiger charge is 2.25. The van der Waals surface area contributed by atoms with Crippen LogP contribution in [0.2, 0.25) is 0 Å². The van der Waals surface area contributed by atoms with Gasteiger partial charge in [-0.15, -0.1) is 0 Å². The van der Waals surface area contributed by atoms with Crippen LogP contribution < -0.4 is 0 Å². The van der Waals surface area contributed by atoms with Gasteiger partial charge in [-0.1, -0.05) is 78.9 Å². The van der Waals surface area contributed by atoms with E-state index in [2.05, 4.69) is 6.07 Å². The molecule has 0 radical (unpaired) electrons. The highest BCUT2D eigenvalue weighted by atomic mass is 16.2. The van der Waals surface area contributed by atoms with E-state index >= 15 is 0 Å². The Balaban J connectivity index is 1.90. The summed E-state index contributed by atoms with van der Waals surface area (Å²) in [6.45, 7) is 0.477. The second-order valence-corrected chi connectivity index (χ2v) is 6.04. The van der Waals surface area contributed by atoms with Crippen LogP contribution in [0.5, 0.6) is 0 Å². The van der Waals surface area contributed by atoms with Gasteiger partial charge in [0.2, 0.25) is 0 Å². The van der Waals surface area contributed by atoms with Gasteiger partial charge in [-0.2, -0.15) is 5.26 Å². The summed E-state index contributed by atoms with van der Waals surface area (Å²) in [6.07, 6.45) is 0.699. The molecule has 0 N–H and O–H groups in total. The van der Waals surface area contributed by atoms with Crippen LogP contribution in [0, 0.1) is 11.3 Å². The summed E-state index contributed by atoms with van der Waals surface area (Å²) in [4.78, 5) is 14.8. The van der Waals surface area contributed by atoms with Crippen molar-refractivity contribution in [3.8, 4) is 6.07 Å². The molecule has 0 aliphatic rings. The van der Waals surface area contributed by atoms with Crippen molar-refractivity contribution in [2.45, 2.75) is 12.5 Å². The fourth-order valence-corrected chi connectivity index (χ4v) is 2.95. The summed E-state index contributed by atoms with van der Waals surface area (Å²) < 4.78 is 0. The van der Waals surface area contributed by atoms with E-state index in [1.54, 1.807) is 17.0 Å². The van der Waals surface area contributed by atoms with Crippen LogP contribution in [0.1, 0.15) is 27.5 Å². The van der Waals surface area contributed by atoms with Gasteiger partial charge in [0, 0.05) is 12.1 Å². The number of nitriles is 1. The second kappa shape index (κ2) is 8.64. The Morgan fingerprint density at radius 1 is 0.846 bits per heavy atom. The van der Waals surface area contributed by atoms with Crippen molar-refractivity contribution in [2.75, 3.05) is 6.54 Å². The van der Waals surface area contributed by atoms with Crippen LogP contribution in [0.15, 0.2) is 91.0 Å². The van der Waals surface area contributed by atoms with Crippen LogP contribution >= 0.6 is 0 Å². The highest BCUT2D eigenvalue weighted by molar-refractivity contribution is 5.94. The lowest BCUT2D eigenvalue weighted by Gasteiger charge is -2.28. The van der Waals surface area contributed by atoms with Crippen LogP contribution in [-0.2, 0) is 6.42 Å². The standard InChI is InChI=1S/C23H20N2O/c24-18-22(20-12-6-2-7-13-20)25(17-16-19-10-4-1-5-11-19)23(26)21-14-8-3-9-15-21/h1-15,22H,16-17H2/t22-/m1/s1. The fourth-order valence-electron chi connectivity index (χ4n) is 2.95. The lowest BCUT2D eigenvalue weighted by molar-refractivity contribution is 0.0718. The van der Waals surface area contributed by atoms with Gasteiger partial charge in [0.1, 0.15) is 6.04 Å². The van der Waals surface area contributed by atoms with Crippen molar-refractivity contribution in [3.63, 3.8) is 0 Å². The third kappa shape index (κ3) is 4.17. The molecule has 0 heterocycles. The van der Waals surface area contributed by atoms with Gasteiger partial charge in [-0.3, -0.25) is 4.79 Å². The zero-order valence-corrected chi connectivity index (χ0v) is 14.5. The number of nitrogens with zero attached hydrogens (tertiary/aromatic N) is 2. The molecular weight excluding hydrogens is 320 g/mol. The maximum Gasteiger partial charge on any atom is 0.255 e. The van der Waals surface area contributed by atoms with Crippen molar-refractivity contribution in [2.24, 2.45) is 0 Å². The van der Waals surface area contributed by atoms with Crippen LogP contribution in [-0.4, -0.2) is 17.4 Å². The molecule has 3 heteroatoms. The number of rotatable bonds is 6. The van der Waals surface area contributed by atoms with E-state index in [1.165, 1.54) is 0 Å². The minimum atomic E-state index is -0.618. The van der Waals surface area contributed by atoms with E-state index in [9.17, 15) is 10.1 Å². The molecule has 0 spiro atoms. The van der Waals surface area contributed by atoms with Crippen LogP contribution in [0.3, 0.4) is 0 Å². The van der Waals surface area contributed by atoms with Gasteiger partial charge in [0.05, 0.1) is 6.07 Å². The molecule has 1 amide bonds. The Kier molecular flexibility index (Phi) is 5.80. The lowest BCUT2D eigenvalue weighted by Crippen LogP contribution is -2.36. The number of carbonyl (C=O) groups excluding carboxylic acids is 1.